The van der Waals surface area contributed by atoms with Crippen LogP contribution in [0, 0.1) is 0 Å². The van der Waals surface area contributed by atoms with Crippen LogP contribution in [0.25, 0.3) is 0 Å². The smallest absolute Gasteiger partial charge is 0.249 e. The minimum Gasteiger partial charge on any atom is -0.374 e. The van der Waals surface area contributed by atoms with Crippen molar-refractivity contribution in [3.63, 3.8) is 0 Å². The summed E-state index contributed by atoms with van der Waals surface area (Å²) in [6.07, 6.45) is 0. The molecule has 0 radical (unpaired) electrons. The molecule has 11 heavy (non-hydrogen) atoms. The van der Waals surface area contributed by atoms with Gasteiger partial charge in [-0.05, 0) is 13.8 Å². The first-order valence-corrected chi connectivity index (χ1v) is 3.69. The number of nitrogens with zero attached hydrogens (tertiary/aromatic N) is 1. The highest BCUT2D eigenvalue weighted by Gasteiger charge is 2.20. The van der Waals surface area contributed by atoms with Crippen LogP contribution < -0.4 is 5.32 Å². The maximum absolute atomic E-state index is 10.9. The summed E-state index contributed by atoms with van der Waals surface area (Å²) in [6.45, 7) is 4.71. The van der Waals surface area contributed by atoms with Crippen molar-refractivity contribution >= 4 is 11.7 Å². The molecule has 1 atom stereocenters. The fraction of sp³-hybridized carbons (Fsp3) is 0.714. The van der Waals surface area contributed by atoms with Gasteiger partial charge in [0.2, 0.25) is 5.91 Å². The number of carbonyl (C=O) groups excluding carboxylic acids is 1. The molecule has 1 unspecified atom stereocenters. The van der Waals surface area contributed by atoms with E-state index in [2.05, 4.69) is 10.3 Å². The summed E-state index contributed by atoms with van der Waals surface area (Å²) in [6, 6.07) is -0.245. The molecule has 0 saturated heterocycles. The molecule has 62 valence electrons. The quantitative estimate of drug-likeness (QED) is 0.622. The maximum atomic E-state index is 10.9. The average Bonchev–Trinajstić information content (AvgIpc) is 2.28. The summed E-state index contributed by atoms with van der Waals surface area (Å²) in [4.78, 5) is 14.9. The third-order valence-corrected chi connectivity index (χ3v) is 1.44. The largest absolute Gasteiger partial charge is 0.374 e. The number of carbonyl (C=O) groups is 1. The fourth-order valence-corrected chi connectivity index (χ4v) is 0.843. The van der Waals surface area contributed by atoms with Crippen molar-refractivity contribution in [2.24, 2.45) is 4.99 Å². The number of amides is 1. The lowest BCUT2D eigenvalue weighted by atomic mass is 10.4. The third kappa shape index (κ3) is 2.01. The van der Waals surface area contributed by atoms with Gasteiger partial charge < -0.3 is 10.1 Å². The Bertz CT molecular complexity index is 189. The highest BCUT2D eigenvalue weighted by Crippen LogP contribution is 1.98. The lowest BCUT2D eigenvalue weighted by Gasteiger charge is -1.99. The molecule has 0 aromatic carbocycles. The van der Waals surface area contributed by atoms with Crippen molar-refractivity contribution in [2.75, 3.05) is 13.2 Å². The van der Waals surface area contributed by atoms with Crippen LogP contribution in [0.5, 0.6) is 0 Å². The van der Waals surface area contributed by atoms with Crippen molar-refractivity contribution < 1.29 is 9.53 Å². The first-order chi connectivity index (χ1) is 5.24. The molecular formula is C7H12N2O2. The summed E-state index contributed by atoms with van der Waals surface area (Å²) in [5.74, 6) is 0.601. The Morgan fingerprint density at radius 1 is 1.73 bits per heavy atom. The van der Waals surface area contributed by atoms with Crippen molar-refractivity contribution in [2.45, 2.75) is 19.9 Å². The Balaban J connectivity index is 2.37. The zero-order valence-electron chi connectivity index (χ0n) is 6.76. The van der Waals surface area contributed by atoms with Crippen LogP contribution in [0.3, 0.4) is 0 Å². The van der Waals surface area contributed by atoms with E-state index in [1.807, 2.05) is 6.92 Å². The predicted octanol–water partition coefficient (Wildman–Crippen LogP) is -0.0603. The molecule has 0 aromatic rings. The number of amidine groups is 1. The minimum absolute atomic E-state index is 0.0419. The van der Waals surface area contributed by atoms with Gasteiger partial charge in [0.25, 0.3) is 0 Å². The van der Waals surface area contributed by atoms with Crippen LogP contribution in [-0.4, -0.2) is 31.0 Å². The molecule has 1 rings (SSSR count). The molecule has 1 aliphatic heterocycles. The predicted molar refractivity (Wildman–Crippen MR) is 41.5 cm³/mol. The zero-order chi connectivity index (χ0) is 8.27. The van der Waals surface area contributed by atoms with Crippen LogP contribution in [0.4, 0.5) is 0 Å². The van der Waals surface area contributed by atoms with E-state index in [4.69, 9.17) is 4.74 Å². The summed E-state index contributed by atoms with van der Waals surface area (Å²) in [5.41, 5.74) is 0. The average molecular weight is 156 g/mol. The highest BCUT2D eigenvalue weighted by molar-refractivity contribution is 6.06. The van der Waals surface area contributed by atoms with E-state index in [1.165, 1.54) is 0 Å². The van der Waals surface area contributed by atoms with Gasteiger partial charge in [0, 0.05) is 6.61 Å². The van der Waals surface area contributed by atoms with Gasteiger partial charge in [-0.1, -0.05) is 0 Å². The number of ether oxygens (including phenoxy) is 1. The van der Waals surface area contributed by atoms with E-state index in [0.29, 0.717) is 19.0 Å². The number of hydrogen-bond donors (Lipinski definition) is 1. The monoisotopic (exact) mass is 156 g/mol. The molecule has 1 aliphatic rings. The van der Waals surface area contributed by atoms with Crippen LogP contribution in [-0.2, 0) is 9.53 Å². The SMILES string of the molecule is CCOCC1=NC(C)C(=O)N1. The molecule has 0 spiro atoms. The second kappa shape index (κ2) is 3.48. The first kappa shape index (κ1) is 8.20. The lowest BCUT2D eigenvalue weighted by Crippen LogP contribution is -2.29. The topological polar surface area (TPSA) is 50.7 Å². The number of nitrogens with one attached hydrogen (secondary N) is 1. The first-order valence-electron chi connectivity index (χ1n) is 3.69. The molecule has 0 fully saturated rings. The minimum atomic E-state index is -0.245. The Hall–Kier alpha value is -0.900. The van der Waals surface area contributed by atoms with E-state index >= 15 is 0 Å². The van der Waals surface area contributed by atoms with Crippen LogP contribution in [0.15, 0.2) is 4.99 Å². The van der Waals surface area contributed by atoms with Crippen molar-refractivity contribution in [1.82, 2.24) is 5.32 Å². The number of hydrogen-bond acceptors (Lipinski definition) is 3. The van der Waals surface area contributed by atoms with E-state index < -0.39 is 0 Å². The molecule has 0 aromatic heterocycles. The zero-order valence-corrected chi connectivity index (χ0v) is 6.76. The van der Waals surface area contributed by atoms with Crippen LogP contribution >= 0.6 is 0 Å². The molecule has 0 aliphatic carbocycles. The molecular weight excluding hydrogens is 144 g/mol. The lowest BCUT2D eigenvalue weighted by molar-refractivity contribution is -0.119. The van der Waals surface area contributed by atoms with Crippen molar-refractivity contribution in [1.29, 1.82) is 0 Å². The van der Waals surface area contributed by atoms with Gasteiger partial charge in [0.1, 0.15) is 18.5 Å². The number of rotatable bonds is 3. The molecule has 1 N–H and O–H groups in total. The standard InChI is InChI=1S/C7H12N2O2/c1-3-11-4-6-8-5(2)7(10)9-6/h5H,3-4H2,1-2H3,(H,8,9,10). The normalized spacial score (nSPS) is 23.3. The Morgan fingerprint density at radius 2 is 2.45 bits per heavy atom. The van der Waals surface area contributed by atoms with E-state index in [1.54, 1.807) is 6.92 Å². The van der Waals surface area contributed by atoms with Gasteiger partial charge in [0.15, 0.2) is 0 Å². The molecule has 4 heteroatoms. The van der Waals surface area contributed by atoms with Gasteiger partial charge in [-0.3, -0.25) is 9.79 Å². The molecule has 4 nitrogen and oxygen atoms in total. The Kier molecular flexibility index (Phi) is 2.59. The van der Waals surface area contributed by atoms with E-state index in [9.17, 15) is 4.79 Å². The summed E-state index contributed by atoms with van der Waals surface area (Å²) < 4.78 is 5.07. The molecule has 0 bridgehead atoms. The van der Waals surface area contributed by atoms with Crippen molar-refractivity contribution in [3.8, 4) is 0 Å². The van der Waals surface area contributed by atoms with Gasteiger partial charge >= 0.3 is 0 Å². The maximum Gasteiger partial charge on any atom is 0.249 e. The molecule has 0 saturated carbocycles. The van der Waals surface area contributed by atoms with E-state index in [0.717, 1.165) is 0 Å². The molecule has 1 heterocycles. The second-order valence-electron chi connectivity index (χ2n) is 2.38. The van der Waals surface area contributed by atoms with Crippen LogP contribution in [0.2, 0.25) is 0 Å². The summed E-state index contributed by atoms with van der Waals surface area (Å²) in [5, 5.41) is 2.62. The summed E-state index contributed by atoms with van der Waals surface area (Å²) in [7, 11) is 0. The van der Waals surface area contributed by atoms with E-state index in [-0.39, 0.29) is 11.9 Å². The van der Waals surface area contributed by atoms with Gasteiger partial charge in [-0.15, -0.1) is 0 Å². The van der Waals surface area contributed by atoms with Gasteiger partial charge in [-0.25, -0.2) is 0 Å². The van der Waals surface area contributed by atoms with Crippen LogP contribution in [0.1, 0.15) is 13.8 Å². The Labute approximate surface area is 65.6 Å². The highest BCUT2D eigenvalue weighted by atomic mass is 16.5. The molecule has 1 amide bonds. The van der Waals surface area contributed by atoms with Crippen molar-refractivity contribution in [3.05, 3.63) is 0 Å². The third-order valence-electron chi connectivity index (χ3n) is 1.44. The fourth-order valence-electron chi connectivity index (χ4n) is 0.843. The van der Waals surface area contributed by atoms with Gasteiger partial charge in [0.05, 0.1) is 0 Å². The summed E-state index contributed by atoms with van der Waals surface area (Å²) >= 11 is 0. The number of aliphatic imine (C=N–C) groups is 1. The van der Waals surface area contributed by atoms with Gasteiger partial charge in [-0.2, -0.15) is 0 Å². The second-order valence-corrected chi connectivity index (χ2v) is 2.38. The Morgan fingerprint density at radius 3 is 2.91 bits per heavy atom.